The molecular weight excluding hydrogens is 274 g/mol. The van der Waals surface area contributed by atoms with Crippen LogP contribution in [0.1, 0.15) is 19.3 Å². The van der Waals surface area contributed by atoms with Gasteiger partial charge in [-0.25, -0.2) is 8.42 Å². The monoisotopic (exact) mass is 289 g/mol. The number of sulfonamides is 1. The highest BCUT2D eigenvalue weighted by molar-refractivity contribution is 7.89. The van der Waals surface area contributed by atoms with E-state index >= 15 is 0 Å². The lowest BCUT2D eigenvalue weighted by Gasteiger charge is -2.33. The van der Waals surface area contributed by atoms with E-state index in [-0.39, 0.29) is 17.5 Å². The fraction of sp³-hybridized carbons (Fsp3) is 0.500. The van der Waals surface area contributed by atoms with Gasteiger partial charge >= 0.3 is 0 Å². The molecule has 0 saturated carbocycles. The van der Waals surface area contributed by atoms with E-state index in [2.05, 4.69) is 0 Å². The van der Waals surface area contributed by atoms with Crippen LogP contribution in [0.4, 0.5) is 0 Å². The maximum atomic E-state index is 12.4. The van der Waals surface area contributed by atoms with Crippen LogP contribution >= 0.6 is 11.6 Å². The van der Waals surface area contributed by atoms with Crippen LogP contribution in [0, 0.1) is 0 Å². The summed E-state index contributed by atoms with van der Waals surface area (Å²) in [6, 6.07) is 5.82. The molecule has 1 atom stereocenters. The van der Waals surface area contributed by atoms with Crippen LogP contribution in [0.15, 0.2) is 29.2 Å². The van der Waals surface area contributed by atoms with Crippen LogP contribution in [0.5, 0.6) is 0 Å². The van der Waals surface area contributed by atoms with Crippen LogP contribution in [0.25, 0.3) is 0 Å². The molecular formula is C12H16ClNO3S. The third kappa shape index (κ3) is 2.69. The lowest BCUT2D eigenvalue weighted by molar-refractivity contribution is 0.155. The van der Waals surface area contributed by atoms with Gasteiger partial charge < -0.3 is 5.11 Å². The summed E-state index contributed by atoms with van der Waals surface area (Å²) < 4.78 is 26.3. The van der Waals surface area contributed by atoms with Gasteiger partial charge in [-0.1, -0.05) is 18.0 Å². The van der Waals surface area contributed by atoms with Crippen molar-refractivity contribution < 1.29 is 13.5 Å². The predicted molar refractivity (Wildman–Crippen MR) is 70.1 cm³/mol. The highest BCUT2D eigenvalue weighted by Gasteiger charge is 2.32. The Labute approximate surface area is 112 Å². The van der Waals surface area contributed by atoms with E-state index in [1.807, 2.05) is 0 Å². The number of aliphatic hydroxyl groups is 1. The van der Waals surface area contributed by atoms with Gasteiger partial charge in [-0.2, -0.15) is 4.31 Å². The zero-order chi connectivity index (χ0) is 13.2. The van der Waals surface area contributed by atoms with Crippen LogP contribution in [0.2, 0.25) is 5.02 Å². The van der Waals surface area contributed by atoms with E-state index in [1.165, 1.54) is 16.4 Å². The van der Waals surface area contributed by atoms with Crippen molar-refractivity contribution in [2.45, 2.75) is 30.2 Å². The summed E-state index contributed by atoms with van der Waals surface area (Å²) in [5, 5.41) is 9.79. The topological polar surface area (TPSA) is 57.6 Å². The Balaban J connectivity index is 2.32. The summed E-state index contributed by atoms with van der Waals surface area (Å²) in [5.41, 5.74) is 0. The first-order valence-corrected chi connectivity index (χ1v) is 7.76. The van der Waals surface area contributed by atoms with Gasteiger partial charge in [0.2, 0.25) is 10.0 Å². The molecule has 1 aliphatic heterocycles. The molecule has 100 valence electrons. The summed E-state index contributed by atoms with van der Waals surface area (Å²) in [5.74, 6) is 0. The van der Waals surface area contributed by atoms with E-state index in [0.717, 1.165) is 12.8 Å². The molecule has 0 bridgehead atoms. The van der Waals surface area contributed by atoms with Crippen molar-refractivity contribution in [2.75, 3.05) is 13.2 Å². The van der Waals surface area contributed by atoms with E-state index < -0.39 is 10.0 Å². The van der Waals surface area contributed by atoms with Gasteiger partial charge in [0.1, 0.15) is 0 Å². The van der Waals surface area contributed by atoms with E-state index in [4.69, 9.17) is 11.6 Å². The van der Waals surface area contributed by atoms with Gasteiger partial charge in [-0.05, 0) is 37.1 Å². The van der Waals surface area contributed by atoms with Gasteiger partial charge in [-0.3, -0.25) is 0 Å². The second-order valence-electron chi connectivity index (χ2n) is 4.40. The number of hydrogen-bond donors (Lipinski definition) is 1. The number of hydrogen-bond acceptors (Lipinski definition) is 3. The minimum absolute atomic E-state index is 0.132. The number of nitrogens with zero attached hydrogens (tertiary/aromatic N) is 1. The van der Waals surface area contributed by atoms with Gasteiger partial charge in [0.15, 0.2) is 0 Å². The lowest BCUT2D eigenvalue weighted by atomic mass is 10.1. The molecule has 1 fully saturated rings. The molecule has 4 nitrogen and oxygen atoms in total. The molecule has 0 spiro atoms. The first-order chi connectivity index (χ1) is 8.55. The zero-order valence-electron chi connectivity index (χ0n) is 9.92. The first-order valence-electron chi connectivity index (χ1n) is 5.94. The molecule has 6 heteroatoms. The third-order valence-electron chi connectivity index (χ3n) is 3.20. The van der Waals surface area contributed by atoms with Gasteiger partial charge in [-0.15, -0.1) is 0 Å². The summed E-state index contributed by atoms with van der Waals surface area (Å²) in [4.78, 5) is 0.229. The maximum absolute atomic E-state index is 12.4. The molecule has 2 rings (SSSR count). The Kier molecular flexibility index (Phi) is 4.27. The van der Waals surface area contributed by atoms with Gasteiger partial charge in [0.05, 0.1) is 11.5 Å². The molecule has 1 aromatic carbocycles. The largest absolute Gasteiger partial charge is 0.395 e. The molecule has 18 heavy (non-hydrogen) atoms. The molecule has 0 aromatic heterocycles. The van der Waals surface area contributed by atoms with Crippen LogP contribution in [-0.4, -0.2) is 37.0 Å². The van der Waals surface area contributed by atoms with Crippen LogP contribution < -0.4 is 0 Å². The minimum Gasteiger partial charge on any atom is -0.395 e. The summed E-state index contributed by atoms with van der Waals surface area (Å²) in [6.45, 7) is 0.336. The lowest BCUT2D eigenvalue weighted by Crippen LogP contribution is -2.45. The van der Waals surface area contributed by atoms with Crippen molar-refractivity contribution in [1.82, 2.24) is 4.31 Å². The minimum atomic E-state index is -3.53. The van der Waals surface area contributed by atoms with Crippen molar-refractivity contribution in [3.63, 3.8) is 0 Å². The predicted octanol–water partition coefficient (Wildman–Crippen LogP) is 1.88. The van der Waals surface area contributed by atoms with Crippen LogP contribution in [0.3, 0.4) is 0 Å². The van der Waals surface area contributed by atoms with Crippen LogP contribution in [-0.2, 0) is 10.0 Å². The summed E-state index contributed by atoms with van der Waals surface area (Å²) in [6.07, 6.45) is 2.50. The Bertz CT molecular complexity index is 501. The number of benzene rings is 1. The zero-order valence-corrected chi connectivity index (χ0v) is 11.5. The number of rotatable bonds is 3. The molecule has 0 amide bonds. The standard InChI is InChI=1S/C12H16ClNO3S/c13-10-4-6-12(7-5-10)18(16,17)14-8-2-1-3-11(14)9-15/h4-7,11,15H,1-3,8-9H2. The second kappa shape index (κ2) is 5.57. The Morgan fingerprint density at radius 3 is 2.56 bits per heavy atom. The highest BCUT2D eigenvalue weighted by atomic mass is 35.5. The molecule has 0 radical (unpaired) electrons. The number of aliphatic hydroxyl groups excluding tert-OH is 1. The first kappa shape index (κ1) is 13.8. The maximum Gasteiger partial charge on any atom is 0.243 e. The van der Waals surface area contributed by atoms with E-state index in [0.29, 0.717) is 18.0 Å². The van der Waals surface area contributed by atoms with Gasteiger partial charge in [0, 0.05) is 17.6 Å². The van der Waals surface area contributed by atoms with Crippen molar-refractivity contribution >= 4 is 21.6 Å². The van der Waals surface area contributed by atoms with E-state index in [1.54, 1.807) is 12.1 Å². The third-order valence-corrected chi connectivity index (χ3v) is 5.42. The fourth-order valence-electron chi connectivity index (χ4n) is 2.21. The Morgan fingerprint density at radius 2 is 1.94 bits per heavy atom. The average molecular weight is 290 g/mol. The normalized spacial score (nSPS) is 22.0. The Morgan fingerprint density at radius 1 is 1.28 bits per heavy atom. The van der Waals surface area contributed by atoms with Crippen molar-refractivity contribution in [2.24, 2.45) is 0 Å². The number of halogens is 1. The molecule has 1 saturated heterocycles. The molecule has 1 aliphatic rings. The van der Waals surface area contributed by atoms with Crippen molar-refractivity contribution in [3.05, 3.63) is 29.3 Å². The SMILES string of the molecule is O=S(=O)(c1ccc(Cl)cc1)N1CCCCC1CO. The molecule has 0 aliphatic carbocycles. The second-order valence-corrected chi connectivity index (χ2v) is 6.73. The van der Waals surface area contributed by atoms with Crippen molar-refractivity contribution in [1.29, 1.82) is 0 Å². The summed E-state index contributed by atoms with van der Waals surface area (Å²) >= 11 is 5.76. The molecule has 1 N–H and O–H groups in total. The molecule has 1 heterocycles. The molecule has 1 aromatic rings. The smallest absolute Gasteiger partial charge is 0.243 e. The highest BCUT2D eigenvalue weighted by Crippen LogP contribution is 2.25. The van der Waals surface area contributed by atoms with Crippen molar-refractivity contribution in [3.8, 4) is 0 Å². The average Bonchev–Trinajstić information content (AvgIpc) is 2.39. The quantitative estimate of drug-likeness (QED) is 0.924. The fourth-order valence-corrected chi connectivity index (χ4v) is 4.03. The number of piperidine rings is 1. The Hall–Kier alpha value is -0.620. The van der Waals surface area contributed by atoms with E-state index in [9.17, 15) is 13.5 Å². The molecule has 1 unspecified atom stereocenters. The summed E-state index contributed by atoms with van der Waals surface area (Å²) in [7, 11) is -3.53. The van der Waals surface area contributed by atoms with Gasteiger partial charge in [0.25, 0.3) is 0 Å².